The van der Waals surface area contributed by atoms with Crippen LogP contribution < -0.4 is 4.74 Å². The van der Waals surface area contributed by atoms with Crippen molar-refractivity contribution in [3.63, 3.8) is 0 Å². The highest BCUT2D eigenvalue weighted by Crippen LogP contribution is 2.28. The summed E-state index contributed by atoms with van der Waals surface area (Å²) in [4.78, 5) is 16.9. The SMILES string of the molecule is COc1cc(/C=C/C(=O)OCc2nc3ccccc3c3ccccc23)ccc1O. The van der Waals surface area contributed by atoms with Crippen LogP contribution in [-0.2, 0) is 16.1 Å². The molecule has 0 aliphatic heterocycles. The molecule has 0 spiro atoms. The topological polar surface area (TPSA) is 68.7 Å². The van der Waals surface area contributed by atoms with Crippen LogP contribution in [0, 0.1) is 0 Å². The van der Waals surface area contributed by atoms with Crippen molar-refractivity contribution in [3.05, 3.63) is 84.1 Å². The number of ether oxygens (including phenoxy) is 2. The molecule has 0 saturated heterocycles. The predicted octanol–water partition coefficient (Wildman–Crippen LogP) is 4.86. The third-order valence-corrected chi connectivity index (χ3v) is 4.65. The van der Waals surface area contributed by atoms with Crippen molar-refractivity contribution >= 4 is 33.7 Å². The molecule has 5 nitrogen and oxygen atoms in total. The number of esters is 1. The maximum absolute atomic E-state index is 12.2. The van der Waals surface area contributed by atoms with Gasteiger partial charge in [0.2, 0.25) is 0 Å². The van der Waals surface area contributed by atoms with Gasteiger partial charge in [-0.25, -0.2) is 9.78 Å². The number of phenolic OH excluding ortho intramolecular Hbond substituents is 1. The minimum atomic E-state index is -0.476. The molecule has 1 N–H and O–H groups in total. The Morgan fingerprint density at radius 3 is 2.52 bits per heavy atom. The van der Waals surface area contributed by atoms with Gasteiger partial charge in [-0.1, -0.05) is 48.5 Å². The molecule has 1 heterocycles. The van der Waals surface area contributed by atoms with Gasteiger partial charge in [-0.05, 0) is 35.2 Å². The summed E-state index contributed by atoms with van der Waals surface area (Å²) < 4.78 is 10.5. The van der Waals surface area contributed by atoms with E-state index in [-0.39, 0.29) is 12.4 Å². The van der Waals surface area contributed by atoms with Gasteiger partial charge in [0.15, 0.2) is 11.5 Å². The number of pyridine rings is 1. The molecule has 5 heteroatoms. The standard InChI is InChI=1S/C24H19NO4/c1-28-23-14-16(10-12-22(23)26)11-13-24(27)29-15-21-19-8-3-2-6-17(19)18-7-4-5-9-20(18)25-21/h2-14,26H,15H2,1H3/b13-11+. The van der Waals surface area contributed by atoms with E-state index in [1.807, 2.05) is 48.5 Å². The smallest absolute Gasteiger partial charge is 0.331 e. The molecular weight excluding hydrogens is 366 g/mol. The number of methoxy groups -OCH3 is 1. The number of benzene rings is 3. The first-order valence-corrected chi connectivity index (χ1v) is 9.14. The minimum absolute atomic E-state index is 0.0430. The molecule has 0 atom stereocenters. The zero-order valence-corrected chi connectivity index (χ0v) is 15.8. The molecule has 0 aliphatic rings. The average molecular weight is 385 g/mol. The van der Waals surface area contributed by atoms with E-state index < -0.39 is 5.97 Å². The van der Waals surface area contributed by atoms with Gasteiger partial charge in [0, 0.05) is 16.8 Å². The Balaban J connectivity index is 1.54. The van der Waals surface area contributed by atoms with E-state index in [4.69, 9.17) is 9.47 Å². The summed E-state index contributed by atoms with van der Waals surface area (Å²) >= 11 is 0. The molecule has 0 saturated carbocycles. The lowest BCUT2D eigenvalue weighted by Crippen LogP contribution is -2.03. The number of aromatic nitrogens is 1. The van der Waals surface area contributed by atoms with Crippen molar-refractivity contribution < 1.29 is 19.4 Å². The van der Waals surface area contributed by atoms with E-state index in [0.29, 0.717) is 17.0 Å². The Labute approximate surface area is 167 Å². The molecule has 0 amide bonds. The second-order valence-corrected chi connectivity index (χ2v) is 6.49. The first kappa shape index (κ1) is 18.5. The minimum Gasteiger partial charge on any atom is -0.504 e. The molecule has 0 radical (unpaired) electrons. The monoisotopic (exact) mass is 385 g/mol. The number of phenols is 1. The van der Waals surface area contributed by atoms with Crippen LogP contribution in [0.5, 0.6) is 11.5 Å². The van der Waals surface area contributed by atoms with Gasteiger partial charge >= 0.3 is 5.97 Å². The Kier molecular flexibility index (Phi) is 5.12. The van der Waals surface area contributed by atoms with Gasteiger partial charge < -0.3 is 14.6 Å². The van der Waals surface area contributed by atoms with Gasteiger partial charge in [-0.15, -0.1) is 0 Å². The fourth-order valence-electron chi connectivity index (χ4n) is 3.23. The molecule has 0 unspecified atom stereocenters. The highest BCUT2D eigenvalue weighted by Gasteiger charge is 2.09. The number of hydrogen-bond acceptors (Lipinski definition) is 5. The van der Waals surface area contributed by atoms with E-state index in [2.05, 4.69) is 4.98 Å². The van der Waals surface area contributed by atoms with Crippen molar-refractivity contribution in [1.82, 2.24) is 4.98 Å². The summed E-state index contributed by atoms with van der Waals surface area (Å²) in [5.74, 6) is -0.0927. The van der Waals surface area contributed by atoms with E-state index in [1.54, 1.807) is 18.2 Å². The predicted molar refractivity (Wildman–Crippen MR) is 113 cm³/mol. The van der Waals surface area contributed by atoms with Crippen molar-refractivity contribution in [2.24, 2.45) is 0 Å². The lowest BCUT2D eigenvalue weighted by Gasteiger charge is -2.09. The summed E-state index contributed by atoms with van der Waals surface area (Å²) in [5, 5.41) is 12.7. The van der Waals surface area contributed by atoms with Gasteiger partial charge in [0.1, 0.15) is 6.61 Å². The summed E-state index contributed by atoms with van der Waals surface area (Å²) in [6.45, 7) is 0.0768. The van der Waals surface area contributed by atoms with E-state index >= 15 is 0 Å². The number of fused-ring (bicyclic) bond motifs is 3. The lowest BCUT2D eigenvalue weighted by molar-refractivity contribution is -0.138. The number of rotatable bonds is 5. The molecule has 1 aromatic heterocycles. The van der Waals surface area contributed by atoms with Gasteiger partial charge in [0.25, 0.3) is 0 Å². The number of carbonyl (C=O) groups is 1. The quantitative estimate of drug-likeness (QED) is 0.302. The third kappa shape index (κ3) is 3.89. The zero-order valence-electron chi connectivity index (χ0n) is 15.8. The number of para-hydroxylation sites is 1. The summed E-state index contributed by atoms with van der Waals surface area (Å²) in [6, 6.07) is 20.7. The molecule has 4 rings (SSSR count). The molecule has 4 aromatic rings. The first-order valence-electron chi connectivity index (χ1n) is 9.14. The molecular formula is C24H19NO4. The Hall–Kier alpha value is -3.86. The first-order chi connectivity index (χ1) is 14.2. The van der Waals surface area contributed by atoms with Crippen LogP contribution in [-0.4, -0.2) is 23.2 Å². The summed E-state index contributed by atoms with van der Waals surface area (Å²) in [5.41, 5.74) is 2.29. The van der Waals surface area contributed by atoms with Crippen LogP contribution >= 0.6 is 0 Å². The average Bonchev–Trinajstić information content (AvgIpc) is 2.77. The van der Waals surface area contributed by atoms with Crippen LogP contribution in [0.15, 0.2) is 72.8 Å². The van der Waals surface area contributed by atoms with Crippen molar-refractivity contribution in [3.8, 4) is 11.5 Å². The third-order valence-electron chi connectivity index (χ3n) is 4.65. The van der Waals surface area contributed by atoms with Crippen LogP contribution in [0.25, 0.3) is 27.8 Å². The largest absolute Gasteiger partial charge is 0.504 e. The van der Waals surface area contributed by atoms with Gasteiger partial charge in [0.05, 0.1) is 18.3 Å². The van der Waals surface area contributed by atoms with Gasteiger partial charge in [-0.2, -0.15) is 0 Å². The van der Waals surface area contributed by atoms with Gasteiger partial charge in [-0.3, -0.25) is 0 Å². The Morgan fingerprint density at radius 2 is 1.72 bits per heavy atom. The highest BCUT2D eigenvalue weighted by atomic mass is 16.5. The molecule has 3 aromatic carbocycles. The Morgan fingerprint density at radius 1 is 1.00 bits per heavy atom. The number of nitrogens with zero attached hydrogens (tertiary/aromatic N) is 1. The number of aromatic hydroxyl groups is 1. The maximum atomic E-state index is 12.2. The maximum Gasteiger partial charge on any atom is 0.331 e. The molecule has 144 valence electrons. The van der Waals surface area contributed by atoms with E-state index in [1.165, 1.54) is 19.3 Å². The van der Waals surface area contributed by atoms with Crippen molar-refractivity contribution in [2.45, 2.75) is 6.61 Å². The number of carbonyl (C=O) groups excluding carboxylic acids is 1. The molecule has 0 bridgehead atoms. The van der Waals surface area contributed by atoms with E-state index in [9.17, 15) is 9.90 Å². The molecule has 0 fully saturated rings. The fourth-order valence-corrected chi connectivity index (χ4v) is 3.23. The lowest BCUT2D eigenvalue weighted by atomic mass is 10.0. The normalized spacial score (nSPS) is 11.2. The van der Waals surface area contributed by atoms with Crippen LogP contribution in [0.2, 0.25) is 0 Å². The van der Waals surface area contributed by atoms with Crippen LogP contribution in [0.4, 0.5) is 0 Å². The second kappa shape index (κ2) is 8.02. The zero-order chi connectivity index (χ0) is 20.2. The summed E-state index contributed by atoms with van der Waals surface area (Å²) in [6.07, 6.45) is 2.95. The molecule has 0 aliphatic carbocycles. The van der Waals surface area contributed by atoms with Crippen molar-refractivity contribution in [1.29, 1.82) is 0 Å². The Bertz CT molecular complexity index is 1230. The highest BCUT2D eigenvalue weighted by molar-refractivity contribution is 6.06. The van der Waals surface area contributed by atoms with Crippen LogP contribution in [0.1, 0.15) is 11.3 Å². The van der Waals surface area contributed by atoms with Crippen molar-refractivity contribution in [2.75, 3.05) is 7.11 Å². The molecule has 29 heavy (non-hydrogen) atoms. The summed E-state index contributed by atoms with van der Waals surface area (Å²) in [7, 11) is 1.47. The fraction of sp³-hybridized carbons (Fsp3) is 0.0833. The number of hydrogen-bond donors (Lipinski definition) is 1. The second-order valence-electron chi connectivity index (χ2n) is 6.49. The van der Waals surface area contributed by atoms with E-state index in [0.717, 1.165) is 21.7 Å². The van der Waals surface area contributed by atoms with Crippen LogP contribution in [0.3, 0.4) is 0 Å².